The fourth-order valence-corrected chi connectivity index (χ4v) is 2.42. The van der Waals surface area contributed by atoms with Crippen LogP contribution in [0.4, 0.5) is 0 Å². The average Bonchev–Trinajstić information content (AvgIpc) is 2.26. The molecule has 5 heteroatoms. The molecule has 0 saturated carbocycles. The van der Waals surface area contributed by atoms with Gasteiger partial charge in [0.05, 0.1) is 0 Å². The van der Waals surface area contributed by atoms with Crippen molar-refractivity contribution in [3.8, 4) is 0 Å². The van der Waals surface area contributed by atoms with Crippen LogP contribution >= 0.6 is 0 Å². The Morgan fingerprint density at radius 3 is 2.38 bits per heavy atom. The van der Waals surface area contributed by atoms with Crippen molar-refractivity contribution in [3.05, 3.63) is 0 Å². The summed E-state index contributed by atoms with van der Waals surface area (Å²) < 4.78 is 11.7. The second-order valence-electron chi connectivity index (χ2n) is 3.99. The minimum Gasteiger partial charge on any atom is -0.353 e. The van der Waals surface area contributed by atoms with Crippen LogP contribution in [0.15, 0.2) is 0 Å². The van der Waals surface area contributed by atoms with Crippen LogP contribution < -0.4 is 11.1 Å². The van der Waals surface area contributed by atoms with Gasteiger partial charge < -0.3 is 11.1 Å². The molecule has 0 saturated heterocycles. The van der Waals surface area contributed by atoms with Gasteiger partial charge in [0.1, 0.15) is 5.75 Å². The molecule has 0 heterocycles. The molecule has 0 radical (unpaired) electrons. The lowest BCUT2D eigenvalue weighted by Gasteiger charge is -2.15. The summed E-state index contributed by atoms with van der Waals surface area (Å²) >= 11 is 0. The Balaban J connectivity index is 3.99. The van der Waals surface area contributed by atoms with Gasteiger partial charge >= 0.3 is 0 Å². The molecule has 16 heavy (non-hydrogen) atoms. The van der Waals surface area contributed by atoms with Gasteiger partial charge in [-0.15, -0.1) is 0 Å². The molecular weight excluding hydrogens is 224 g/mol. The Bertz CT molecular complexity index is 230. The van der Waals surface area contributed by atoms with Crippen LogP contribution in [0, 0.1) is 0 Å². The quantitative estimate of drug-likeness (QED) is 0.666. The van der Waals surface area contributed by atoms with Crippen LogP contribution in [0.1, 0.15) is 40.0 Å². The van der Waals surface area contributed by atoms with E-state index in [0.717, 1.165) is 12.8 Å². The second kappa shape index (κ2) is 8.70. The molecule has 96 valence electrons. The van der Waals surface area contributed by atoms with Gasteiger partial charge in [-0.25, -0.2) is 0 Å². The lowest BCUT2D eigenvalue weighted by molar-refractivity contribution is -0.119. The number of nitrogens with two attached hydrogens (primary N) is 1. The molecule has 2 unspecified atom stereocenters. The number of carbonyl (C=O) groups excluding carboxylic acids is 1. The minimum absolute atomic E-state index is 0.00236. The highest BCUT2D eigenvalue weighted by Crippen LogP contribution is 2.01. The van der Waals surface area contributed by atoms with Crippen molar-refractivity contribution in [3.63, 3.8) is 0 Å². The smallest absolute Gasteiger partial charge is 0.232 e. The Hall–Kier alpha value is -0.420. The SMILES string of the molecule is CCC(CC)NC(=O)CS(=O)C(C)CCN. The van der Waals surface area contributed by atoms with Crippen molar-refractivity contribution in [2.24, 2.45) is 5.73 Å². The fourth-order valence-electron chi connectivity index (χ4n) is 1.40. The summed E-state index contributed by atoms with van der Waals surface area (Å²) in [5, 5.41) is 2.88. The number of nitrogens with one attached hydrogen (secondary N) is 1. The van der Waals surface area contributed by atoms with Gasteiger partial charge in [-0.2, -0.15) is 0 Å². The first-order chi connectivity index (χ1) is 7.54. The van der Waals surface area contributed by atoms with Gasteiger partial charge in [-0.1, -0.05) is 20.8 Å². The number of rotatable bonds is 8. The van der Waals surface area contributed by atoms with Crippen molar-refractivity contribution in [2.45, 2.75) is 51.3 Å². The molecule has 2 atom stereocenters. The molecule has 0 aromatic rings. The second-order valence-corrected chi connectivity index (χ2v) is 5.85. The first kappa shape index (κ1) is 15.6. The van der Waals surface area contributed by atoms with Crippen LogP contribution in [0.2, 0.25) is 0 Å². The zero-order chi connectivity index (χ0) is 12.6. The van der Waals surface area contributed by atoms with Crippen molar-refractivity contribution in [1.29, 1.82) is 0 Å². The monoisotopic (exact) mass is 248 g/mol. The highest BCUT2D eigenvalue weighted by molar-refractivity contribution is 7.86. The van der Waals surface area contributed by atoms with Gasteiger partial charge in [0.2, 0.25) is 5.91 Å². The molecular formula is C11H24N2O2S. The third-order valence-corrected chi connectivity index (χ3v) is 4.33. The van der Waals surface area contributed by atoms with Gasteiger partial charge in [-0.3, -0.25) is 9.00 Å². The molecule has 0 aliphatic heterocycles. The molecule has 0 aromatic carbocycles. The Labute approximate surface area is 101 Å². The molecule has 0 aromatic heterocycles. The standard InChI is InChI=1S/C11H24N2O2S/c1-4-10(5-2)13-11(14)8-16(15)9(3)6-7-12/h9-10H,4-8,12H2,1-3H3,(H,13,14). The fraction of sp³-hybridized carbons (Fsp3) is 0.909. The summed E-state index contributed by atoms with van der Waals surface area (Å²) in [6, 6.07) is 0.203. The third-order valence-electron chi connectivity index (χ3n) is 2.65. The number of hydrogen-bond acceptors (Lipinski definition) is 3. The van der Waals surface area contributed by atoms with E-state index in [1.165, 1.54) is 0 Å². The van der Waals surface area contributed by atoms with Crippen molar-refractivity contribution < 1.29 is 9.00 Å². The molecule has 0 rings (SSSR count). The Morgan fingerprint density at radius 2 is 1.94 bits per heavy atom. The van der Waals surface area contributed by atoms with Crippen LogP contribution in [-0.4, -0.2) is 33.7 Å². The van der Waals surface area contributed by atoms with E-state index in [1.54, 1.807) is 0 Å². The summed E-state index contributed by atoms with van der Waals surface area (Å²) in [5.74, 6) is -0.0200. The van der Waals surface area contributed by atoms with E-state index >= 15 is 0 Å². The van der Waals surface area contributed by atoms with Gasteiger partial charge in [0, 0.05) is 22.1 Å². The molecule has 1 amide bonds. The molecule has 4 nitrogen and oxygen atoms in total. The maximum absolute atomic E-state index is 11.7. The van der Waals surface area contributed by atoms with E-state index in [4.69, 9.17) is 5.73 Å². The maximum Gasteiger partial charge on any atom is 0.232 e. The normalized spacial score (nSPS) is 14.8. The molecule has 3 N–H and O–H groups in total. The van der Waals surface area contributed by atoms with Crippen molar-refractivity contribution in [2.75, 3.05) is 12.3 Å². The predicted molar refractivity (Wildman–Crippen MR) is 68.7 cm³/mol. The molecule has 0 spiro atoms. The summed E-state index contributed by atoms with van der Waals surface area (Å²) in [6.07, 6.45) is 2.52. The third kappa shape index (κ3) is 6.23. The van der Waals surface area contributed by atoms with E-state index in [9.17, 15) is 9.00 Å². The van der Waals surface area contributed by atoms with E-state index in [2.05, 4.69) is 5.32 Å². The highest BCUT2D eigenvalue weighted by atomic mass is 32.2. The summed E-state index contributed by atoms with van der Waals surface area (Å²) in [6.45, 7) is 6.44. The van der Waals surface area contributed by atoms with E-state index in [-0.39, 0.29) is 23.0 Å². The van der Waals surface area contributed by atoms with E-state index in [1.807, 2.05) is 20.8 Å². The zero-order valence-electron chi connectivity index (χ0n) is 10.5. The molecule has 0 aliphatic carbocycles. The van der Waals surface area contributed by atoms with Crippen molar-refractivity contribution >= 4 is 16.7 Å². The zero-order valence-corrected chi connectivity index (χ0v) is 11.3. The predicted octanol–water partition coefficient (Wildman–Crippen LogP) is 0.777. The largest absolute Gasteiger partial charge is 0.353 e. The minimum atomic E-state index is -1.11. The van der Waals surface area contributed by atoms with Crippen LogP contribution in [0.5, 0.6) is 0 Å². The number of hydrogen-bond donors (Lipinski definition) is 2. The Morgan fingerprint density at radius 1 is 1.38 bits per heavy atom. The van der Waals surface area contributed by atoms with E-state index in [0.29, 0.717) is 13.0 Å². The topological polar surface area (TPSA) is 72.2 Å². The molecule has 0 aliphatic rings. The Kier molecular flexibility index (Phi) is 8.47. The number of carbonyl (C=O) groups is 1. The van der Waals surface area contributed by atoms with Gasteiger partial charge in [0.25, 0.3) is 0 Å². The summed E-state index contributed by atoms with van der Waals surface area (Å²) in [5.41, 5.74) is 5.39. The highest BCUT2D eigenvalue weighted by Gasteiger charge is 2.16. The summed E-state index contributed by atoms with van der Waals surface area (Å²) in [7, 11) is -1.11. The van der Waals surface area contributed by atoms with Gasteiger partial charge in [0.15, 0.2) is 0 Å². The average molecular weight is 248 g/mol. The van der Waals surface area contributed by atoms with Crippen LogP contribution in [-0.2, 0) is 15.6 Å². The van der Waals surface area contributed by atoms with Gasteiger partial charge in [-0.05, 0) is 25.8 Å². The first-order valence-electron chi connectivity index (χ1n) is 5.91. The van der Waals surface area contributed by atoms with Crippen LogP contribution in [0.25, 0.3) is 0 Å². The lowest BCUT2D eigenvalue weighted by Crippen LogP contribution is -2.38. The molecule has 0 bridgehead atoms. The number of amides is 1. The molecule has 0 fully saturated rings. The van der Waals surface area contributed by atoms with Crippen LogP contribution in [0.3, 0.4) is 0 Å². The maximum atomic E-state index is 11.7. The summed E-state index contributed by atoms with van der Waals surface area (Å²) in [4.78, 5) is 11.6. The first-order valence-corrected chi connectivity index (χ1v) is 7.29. The lowest BCUT2D eigenvalue weighted by atomic mass is 10.2. The van der Waals surface area contributed by atoms with Crippen molar-refractivity contribution in [1.82, 2.24) is 5.32 Å². The van der Waals surface area contributed by atoms with E-state index < -0.39 is 10.8 Å².